The van der Waals surface area contributed by atoms with E-state index < -0.39 is 0 Å². The van der Waals surface area contributed by atoms with Crippen LogP contribution in [0.5, 0.6) is 0 Å². The number of hydrogen-bond donors (Lipinski definition) is 0. The molecule has 228 valence electrons. The number of aliphatic imine (C=N–C) groups is 1. The lowest BCUT2D eigenvalue weighted by Crippen LogP contribution is -2.40. The Morgan fingerprint density at radius 2 is 1.12 bits per heavy atom. The quantitative estimate of drug-likeness (QED) is 0.144. The molecule has 0 N–H and O–H groups in total. The second-order valence-corrected chi connectivity index (χ2v) is 12.5. The fourth-order valence-corrected chi connectivity index (χ4v) is 7.25. The molecule has 0 saturated carbocycles. The van der Waals surface area contributed by atoms with Gasteiger partial charge in [0, 0.05) is 27.5 Å². The lowest BCUT2D eigenvalue weighted by atomic mass is 9.95. The van der Waals surface area contributed by atoms with Crippen molar-refractivity contribution in [2.24, 2.45) is 4.99 Å². The Morgan fingerprint density at radius 3 is 1.90 bits per heavy atom. The molecule has 5 heteroatoms. The summed E-state index contributed by atoms with van der Waals surface area (Å²) in [7, 11) is 0. The van der Waals surface area contributed by atoms with Crippen molar-refractivity contribution in [1.82, 2.24) is 15.0 Å². The zero-order valence-corrected chi connectivity index (χ0v) is 26.4. The van der Waals surface area contributed by atoms with Crippen molar-refractivity contribution in [3.8, 4) is 45.3 Å². The monoisotopic (exact) mass is 626 g/mol. The Labute approximate surface area is 282 Å². The first kappa shape index (κ1) is 27.5. The summed E-state index contributed by atoms with van der Waals surface area (Å²) in [6.45, 7) is 0. The van der Waals surface area contributed by atoms with E-state index in [1.165, 1.54) is 27.1 Å². The summed E-state index contributed by atoms with van der Waals surface area (Å²) in [5.74, 6) is 2.95. The molecule has 1 aliphatic heterocycles. The number of rotatable bonds is 4. The maximum Gasteiger partial charge on any atom is 0.332 e. The van der Waals surface area contributed by atoms with Gasteiger partial charge in [-0.25, -0.2) is 19.5 Å². The molecule has 0 saturated heterocycles. The molecule has 1 aliphatic carbocycles. The fraction of sp³-hybridized carbons (Fsp3) is 0.0227. The summed E-state index contributed by atoms with van der Waals surface area (Å²) in [6, 6.07) is 48.7. The van der Waals surface area contributed by atoms with Crippen molar-refractivity contribution in [3.63, 3.8) is 0 Å². The second-order valence-electron chi connectivity index (χ2n) is 12.5. The fourth-order valence-electron chi connectivity index (χ4n) is 7.25. The maximum atomic E-state index is 5.16. The average Bonchev–Trinajstić information content (AvgIpc) is 3.58. The highest BCUT2D eigenvalue weighted by Crippen LogP contribution is 2.41. The van der Waals surface area contributed by atoms with E-state index in [1.807, 2.05) is 60.7 Å². The topological polar surface area (TPSA) is 54.9 Å². The number of nitrogens with zero attached hydrogens (tertiary/aromatic N) is 5. The Balaban J connectivity index is 1.17. The highest BCUT2D eigenvalue weighted by molar-refractivity contribution is 6.22. The lowest BCUT2D eigenvalue weighted by Gasteiger charge is -2.15. The predicted molar refractivity (Wildman–Crippen MR) is 199 cm³/mol. The van der Waals surface area contributed by atoms with E-state index in [0.29, 0.717) is 17.5 Å². The van der Waals surface area contributed by atoms with Crippen molar-refractivity contribution < 1.29 is 4.57 Å². The zero-order chi connectivity index (χ0) is 32.3. The third kappa shape index (κ3) is 4.51. The third-order valence-electron chi connectivity index (χ3n) is 9.56. The molecule has 5 nitrogen and oxygen atoms in total. The average molecular weight is 627 g/mol. The van der Waals surface area contributed by atoms with Crippen LogP contribution >= 0.6 is 0 Å². The molecule has 2 aromatic heterocycles. The van der Waals surface area contributed by atoms with Crippen molar-refractivity contribution >= 4 is 44.0 Å². The first-order chi connectivity index (χ1) is 24.3. The van der Waals surface area contributed by atoms with Crippen molar-refractivity contribution in [2.45, 2.75) is 6.04 Å². The smallest absolute Gasteiger partial charge is 0.209 e. The number of hydrogen-bond acceptors (Lipinski definition) is 4. The van der Waals surface area contributed by atoms with E-state index in [4.69, 9.17) is 19.9 Å². The van der Waals surface area contributed by atoms with E-state index in [2.05, 4.69) is 108 Å². The largest absolute Gasteiger partial charge is 0.332 e. The van der Waals surface area contributed by atoms with Gasteiger partial charge in [-0.05, 0) is 63.3 Å². The summed E-state index contributed by atoms with van der Waals surface area (Å²) in [4.78, 5) is 20.0. The molecule has 0 fully saturated rings. The van der Waals surface area contributed by atoms with Crippen LogP contribution in [0.3, 0.4) is 0 Å². The molecule has 8 aromatic rings. The predicted octanol–water partition coefficient (Wildman–Crippen LogP) is 10.0. The van der Waals surface area contributed by atoms with Gasteiger partial charge >= 0.3 is 5.82 Å². The van der Waals surface area contributed by atoms with Gasteiger partial charge in [-0.1, -0.05) is 127 Å². The van der Waals surface area contributed by atoms with Crippen LogP contribution in [0.15, 0.2) is 169 Å². The maximum absolute atomic E-state index is 5.16. The Hall–Kier alpha value is -6.59. The van der Waals surface area contributed by atoms with Gasteiger partial charge in [0.2, 0.25) is 5.71 Å². The summed E-state index contributed by atoms with van der Waals surface area (Å²) in [6.07, 6.45) is 8.56. The number of aromatic nitrogens is 4. The van der Waals surface area contributed by atoms with Crippen LogP contribution < -0.4 is 4.57 Å². The van der Waals surface area contributed by atoms with E-state index in [9.17, 15) is 0 Å². The van der Waals surface area contributed by atoms with E-state index >= 15 is 0 Å². The third-order valence-corrected chi connectivity index (χ3v) is 9.56. The van der Waals surface area contributed by atoms with Gasteiger partial charge in [0.05, 0.1) is 5.39 Å². The van der Waals surface area contributed by atoms with Gasteiger partial charge in [0.1, 0.15) is 5.52 Å². The summed E-state index contributed by atoms with van der Waals surface area (Å²) in [5.41, 5.74) is 7.30. The minimum atomic E-state index is 0.0778. The van der Waals surface area contributed by atoms with Gasteiger partial charge in [-0.2, -0.15) is 0 Å². The second kappa shape index (κ2) is 11.0. The number of fused-ring (bicyclic) bond motifs is 10. The Kier molecular flexibility index (Phi) is 6.18. The van der Waals surface area contributed by atoms with Crippen LogP contribution in [0, 0.1) is 0 Å². The molecule has 3 heterocycles. The molecule has 1 atom stereocenters. The highest BCUT2D eigenvalue weighted by Gasteiger charge is 2.37. The van der Waals surface area contributed by atoms with Crippen molar-refractivity contribution in [1.29, 1.82) is 0 Å². The molecular weight excluding hydrogens is 599 g/mol. The Morgan fingerprint density at radius 1 is 0.469 bits per heavy atom. The molecule has 0 bridgehead atoms. The van der Waals surface area contributed by atoms with Crippen LogP contribution in [0.25, 0.3) is 77.7 Å². The minimum absolute atomic E-state index is 0.0778. The number of allylic oxidation sites excluding steroid dienone is 4. The minimum Gasteiger partial charge on any atom is -0.209 e. The number of pyridine rings is 1. The molecule has 6 aromatic carbocycles. The van der Waals surface area contributed by atoms with Gasteiger partial charge in [-0.15, -0.1) is 0 Å². The summed E-state index contributed by atoms with van der Waals surface area (Å²) >= 11 is 0. The molecule has 2 aliphatic rings. The summed E-state index contributed by atoms with van der Waals surface area (Å²) < 4.78 is 2.39. The van der Waals surface area contributed by atoms with E-state index in [-0.39, 0.29) is 6.04 Å². The first-order valence-electron chi connectivity index (χ1n) is 16.5. The Bertz CT molecular complexity index is 2650. The lowest BCUT2D eigenvalue weighted by molar-refractivity contribution is -0.651. The summed E-state index contributed by atoms with van der Waals surface area (Å²) in [5, 5.41) is 6.04. The molecule has 0 radical (unpaired) electrons. The number of benzene rings is 6. The van der Waals surface area contributed by atoms with Gasteiger partial charge in [0.15, 0.2) is 23.5 Å². The van der Waals surface area contributed by atoms with Gasteiger partial charge < -0.3 is 0 Å². The van der Waals surface area contributed by atoms with Crippen molar-refractivity contribution in [2.75, 3.05) is 0 Å². The standard InChI is InChI=1S/C44H28N5/c1-3-13-29(14-4-1)41-46-42(30-15-5-2-6-16-30)48-43(47-41)33-18-11-17-31(26-33)32-23-25-38-36(27-32)40-34-19-8-7-12-28(34)22-24-35(40)44-45-37-20-9-10-21-39(37)49(38)44/h1-27,39H/q+1. The molecule has 49 heavy (non-hydrogen) atoms. The van der Waals surface area contributed by atoms with Crippen LogP contribution in [-0.2, 0) is 0 Å². The van der Waals surface area contributed by atoms with E-state index in [0.717, 1.165) is 44.7 Å². The molecule has 0 spiro atoms. The zero-order valence-electron chi connectivity index (χ0n) is 26.4. The SMILES string of the molecule is C1=CC2=Nc3c4ccc5ccccc5c4c4cc(-c5cccc(-c6nc(-c7ccccc7)nc(-c7ccccc7)n6)c5)ccc4[n+]3C2C=C1. The van der Waals surface area contributed by atoms with Crippen LogP contribution in [0.4, 0.5) is 5.82 Å². The van der Waals surface area contributed by atoms with Crippen LogP contribution in [-0.4, -0.2) is 20.7 Å². The molecule has 0 amide bonds. The van der Waals surface area contributed by atoms with Gasteiger partial charge in [-0.3, -0.25) is 0 Å². The molecular formula is C44H28N5+. The highest BCUT2D eigenvalue weighted by atomic mass is 15.2. The normalized spacial score (nSPS) is 14.7. The van der Waals surface area contributed by atoms with Crippen LogP contribution in [0.1, 0.15) is 6.04 Å². The van der Waals surface area contributed by atoms with E-state index in [1.54, 1.807) is 0 Å². The van der Waals surface area contributed by atoms with Crippen molar-refractivity contribution in [3.05, 3.63) is 164 Å². The molecule has 1 unspecified atom stereocenters. The van der Waals surface area contributed by atoms with Crippen LogP contribution in [0.2, 0.25) is 0 Å². The van der Waals surface area contributed by atoms with Gasteiger partial charge in [0.25, 0.3) is 0 Å². The molecule has 10 rings (SSSR count). The first-order valence-corrected chi connectivity index (χ1v) is 16.5.